The normalized spacial score (nSPS) is 9.91. The number of hydrogen-bond acceptors (Lipinski definition) is 5. The highest BCUT2D eigenvalue weighted by molar-refractivity contribution is 5.62. The standard InChI is InChI=1S/C13H6F4N4O/c1-22-8-2-9(13(15,16)17)12(14)10(3-8)21-11(6-20)7(4-18)5-19/h2-3,21H,1H3. The van der Waals surface area contributed by atoms with Gasteiger partial charge < -0.3 is 10.1 Å². The molecule has 0 aliphatic heterocycles. The van der Waals surface area contributed by atoms with Gasteiger partial charge in [-0.2, -0.15) is 29.0 Å². The Morgan fingerprint density at radius 1 is 1.14 bits per heavy atom. The Morgan fingerprint density at radius 2 is 1.73 bits per heavy atom. The molecule has 0 aliphatic carbocycles. The van der Waals surface area contributed by atoms with E-state index >= 15 is 0 Å². The van der Waals surface area contributed by atoms with Crippen molar-refractivity contribution in [3.63, 3.8) is 0 Å². The summed E-state index contributed by atoms with van der Waals surface area (Å²) in [6, 6.07) is 5.48. The van der Waals surface area contributed by atoms with Gasteiger partial charge in [-0.3, -0.25) is 0 Å². The van der Waals surface area contributed by atoms with Crippen LogP contribution in [-0.4, -0.2) is 7.11 Å². The lowest BCUT2D eigenvalue weighted by Crippen LogP contribution is -2.12. The number of halogens is 4. The molecule has 0 fully saturated rings. The first-order valence-corrected chi connectivity index (χ1v) is 5.44. The number of hydrogen-bond donors (Lipinski definition) is 1. The summed E-state index contributed by atoms with van der Waals surface area (Å²) in [5, 5.41) is 28.1. The molecule has 1 rings (SSSR count). The van der Waals surface area contributed by atoms with Crippen LogP contribution < -0.4 is 10.1 Å². The Bertz CT molecular complexity index is 732. The summed E-state index contributed by atoms with van der Waals surface area (Å²) >= 11 is 0. The highest BCUT2D eigenvalue weighted by Crippen LogP contribution is 2.37. The lowest BCUT2D eigenvalue weighted by Gasteiger charge is -2.14. The van der Waals surface area contributed by atoms with Gasteiger partial charge >= 0.3 is 6.18 Å². The van der Waals surface area contributed by atoms with Crippen LogP contribution in [0.2, 0.25) is 0 Å². The molecule has 0 aliphatic rings. The first kappa shape index (κ1) is 16.8. The topological polar surface area (TPSA) is 92.6 Å². The van der Waals surface area contributed by atoms with E-state index in [0.717, 1.165) is 13.2 Å². The Balaban J connectivity index is 3.51. The molecule has 9 heteroatoms. The number of ether oxygens (including phenoxy) is 1. The number of rotatable bonds is 3. The zero-order chi connectivity index (χ0) is 16.9. The van der Waals surface area contributed by atoms with Gasteiger partial charge in [-0.15, -0.1) is 0 Å². The summed E-state index contributed by atoms with van der Waals surface area (Å²) in [5.74, 6) is -2.00. The molecule has 0 spiro atoms. The molecule has 0 amide bonds. The second-order valence-corrected chi connectivity index (χ2v) is 3.74. The van der Waals surface area contributed by atoms with Crippen molar-refractivity contribution in [2.75, 3.05) is 12.4 Å². The van der Waals surface area contributed by atoms with Crippen molar-refractivity contribution in [1.29, 1.82) is 15.8 Å². The number of nitrogens with zero attached hydrogens (tertiary/aromatic N) is 3. The van der Waals surface area contributed by atoms with Gasteiger partial charge in [-0.25, -0.2) is 4.39 Å². The molecule has 1 aromatic rings. The molecule has 5 nitrogen and oxygen atoms in total. The zero-order valence-corrected chi connectivity index (χ0v) is 10.9. The first-order valence-electron chi connectivity index (χ1n) is 5.44. The molecule has 112 valence electrons. The van der Waals surface area contributed by atoms with Crippen LogP contribution in [0.5, 0.6) is 5.75 Å². The minimum absolute atomic E-state index is 0.316. The Hall–Kier alpha value is -3.25. The Labute approximate surface area is 122 Å². The van der Waals surface area contributed by atoms with Gasteiger partial charge in [0.15, 0.2) is 11.4 Å². The van der Waals surface area contributed by atoms with Crippen LogP contribution in [-0.2, 0) is 6.18 Å². The predicted octanol–water partition coefficient (Wildman–Crippen LogP) is 3.09. The molecular weight excluding hydrogens is 304 g/mol. The summed E-state index contributed by atoms with van der Waals surface area (Å²) in [6.07, 6.45) is -4.99. The summed E-state index contributed by atoms with van der Waals surface area (Å²) < 4.78 is 56.8. The number of allylic oxidation sites excluding steroid dienone is 2. The highest BCUT2D eigenvalue weighted by atomic mass is 19.4. The largest absolute Gasteiger partial charge is 0.497 e. The van der Waals surface area contributed by atoms with Crippen LogP contribution in [0, 0.1) is 39.8 Å². The molecule has 0 atom stereocenters. The van der Waals surface area contributed by atoms with Crippen LogP contribution >= 0.6 is 0 Å². The number of nitrogens with one attached hydrogen (secondary N) is 1. The molecular formula is C13H6F4N4O. The summed E-state index contributed by atoms with van der Waals surface area (Å²) in [4.78, 5) is 0. The smallest absolute Gasteiger partial charge is 0.419 e. The molecule has 0 radical (unpaired) electrons. The average molecular weight is 310 g/mol. The third-order valence-electron chi connectivity index (χ3n) is 2.43. The summed E-state index contributed by atoms with van der Waals surface area (Å²) in [6.45, 7) is 0. The molecule has 0 saturated carbocycles. The summed E-state index contributed by atoms with van der Waals surface area (Å²) in [7, 11) is 1.08. The van der Waals surface area contributed by atoms with E-state index in [1.165, 1.54) is 18.2 Å². The van der Waals surface area contributed by atoms with Crippen LogP contribution in [0.15, 0.2) is 23.4 Å². The summed E-state index contributed by atoms with van der Waals surface area (Å²) in [5.41, 5.74) is -3.73. The van der Waals surface area contributed by atoms with Crippen molar-refractivity contribution >= 4 is 5.69 Å². The number of nitriles is 3. The number of alkyl halides is 3. The molecule has 1 N–H and O–H groups in total. The quantitative estimate of drug-likeness (QED) is 0.684. The lowest BCUT2D eigenvalue weighted by atomic mass is 10.1. The third-order valence-corrected chi connectivity index (χ3v) is 2.43. The third kappa shape index (κ3) is 3.44. The van der Waals surface area contributed by atoms with Gasteiger partial charge in [0.25, 0.3) is 0 Å². The van der Waals surface area contributed by atoms with E-state index in [1.807, 2.05) is 5.32 Å². The fourth-order valence-electron chi connectivity index (χ4n) is 1.43. The van der Waals surface area contributed by atoms with Gasteiger partial charge in [-0.05, 0) is 6.07 Å². The molecule has 0 unspecified atom stereocenters. The van der Waals surface area contributed by atoms with Crippen molar-refractivity contribution in [2.45, 2.75) is 6.18 Å². The van der Waals surface area contributed by atoms with Gasteiger partial charge in [0, 0.05) is 6.07 Å². The van der Waals surface area contributed by atoms with Gasteiger partial charge in [0.05, 0.1) is 18.4 Å². The average Bonchev–Trinajstić information content (AvgIpc) is 2.47. The molecule has 0 bridgehead atoms. The van der Waals surface area contributed by atoms with E-state index < -0.39 is 34.5 Å². The van der Waals surface area contributed by atoms with Gasteiger partial charge in [0.2, 0.25) is 0 Å². The van der Waals surface area contributed by atoms with E-state index in [4.69, 9.17) is 15.8 Å². The fraction of sp³-hybridized carbons (Fsp3) is 0.154. The molecule has 0 saturated heterocycles. The van der Waals surface area contributed by atoms with E-state index in [2.05, 4.69) is 4.74 Å². The minimum Gasteiger partial charge on any atom is -0.497 e. The predicted molar refractivity (Wildman–Crippen MR) is 65.4 cm³/mol. The van der Waals surface area contributed by atoms with E-state index in [-0.39, 0.29) is 5.75 Å². The van der Waals surface area contributed by atoms with Crippen LogP contribution in [0.1, 0.15) is 5.56 Å². The van der Waals surface area contributed by atoms with E-state index in [1.54, 1.807) is 0 Å². The molecule has 22 heavy (non-hydrogen) atoms. The number of methoxy groups -OCH3 is 1. The monoisotopic (exact) mass is 310 g/mol. The van der Waals surface area contributed by atoms with Crippen molar-refractivity contribution in [3.8, 4) is 24.0 Å². The zero-order valence-electron chi connectivity index (χ0n) is 10.9. The maximum absolute atomic E-state index is 13.9. The second kappa shape index (κ2) is 6.47. The van der Waals surface area contributed by atoms with Crippen molar-refractivity contribution in [1.82, 2.24) is 0 Å². The highest BCUT2D eigenvalue weighted by Gasteiger charge is 2.36. The van der Waals surface area contributed by atoms with Crippen molar-refractivity contribution in [3.05, 3.63) is 34.8 Å². The fourth-order valence-corrected chi connectivity index (χ4v) is 1.43. The number of anilines is 1. The maximum atomic E-state index is 13.9. The van der Waals surface area contributed by atoms with Crippen molar-refractivity contribution in [2.24, 2.45) is 0 Å². The molecule has 0 heterocycles. The number of benzene rings is 1. The SMILES string of the molecule is COc1cc(NC(C#N)=C(C#N)C#N)c(F)c(C(F)(F)F)c1. The second-order valence-electron chi connectivity index (χ2n) is 3.74. The minimum atomic E-state index is -4.99. The first-order chi connectivity index (χ1) is 10.3. The Kier molecular flexibility index (Phi) is 4.94. The van der Waals surface area contributed by atoms with Gasteiger partial charge in [0.1, 0.15) is 29.7 Å². The van der Waals surface area contributed by atoms with Crippen LogP contribution in [0.3, 0.4) is 0 Å². The van der Waals surface area contributed by atoms with Crippen LogP contribution in [0.25, 0.3) is 0 Å². The van der Waals surface area contributed by atoms with E-state index in [9.17, 15) is 17.6 Å². The van der Waals surface area contributed by atoms with Gasteiger partial charge in [-0.1, -0.05) is 0 Å². The van der Waals surface area contributed by atoms with Crippen LogP contribution in [0.4, 0.5) is 23.2 Å². The maximum Gasteiger partial charge on any atom is 0.419 e. The Morgan fingerprint density at radius 3 is 2.14 bits per heavy atom. The van der Waals surface area contributed by atoms with E-state index in [0.29, 0.717) is 6.07 Å². The van der Waals surface area contributed by atoms with Crippen molar-refractivity contribution < 1.29 is 22.3 Å². The lowest BCUT2D eigenvalue weighted by molar-refractivity contribution is -0.140. The molecule has 0 aromatic heterocycles. The molecule has 1 aromatic carbocycles.